The maximum absolute atomic E-state index is 11.9. The molecule has 3 nitrogen and oxygen atoms in total. The number of nitrogens with one attached hydrogen (secondary N) is 1. The van der Waals surface area contributed by atoms with Crippen LogP contribution in [0.1, 0.15) is 17.5 Å². The third kappa shape index (κ3) is 4.00. The Bertz CT molecular complexity index is 626. The zero-order valence-electron chi connectivity index (χ0n) is 11.3. The molecular formula is C16H17ClN2O. The van der Waals surface area contributed by atoms with Crippen LogP contribution < -0.4 is 11.1 Å². The highest BCUT2D eigenvalue weighted by Gasteiger charge is 2.06. The molecule has 0 aliphatic heterocycles. The van der Waals surface area contributed by atoms with Gasteiger partial charge in [0.1, 0.15) is 0 Å². The second-order valence-corrected chi connectivity index (χ2v) is 5.21. The van der Waals surface area contributed by atoms with E-state index in [2.05, 4.69) is 11.4 Å². The Balaban J connectivity index is 1.92. The largest absolute Gasteiger partial charge is 0.397 e. The van der Waals surface area contributed by atoms with Crippen LogP contribution in [-0.4, -0.2) is 5.91 Å². The van der Waals surface area contributed by atoms with Crippen molar-refractivity contribution in [2.24, 2.45) is 0 Å². The Morgan fingerprint density at radius 1 is 1.25 bits per heavy atom. The number of nitrogens with two attached hydrogens (primary N) is 1. The van der Waals surface area contributed by atoms with E-state index in [0.29, 0.717) is 29.2 Å². The number of rotatable bonds is 4. The molecule has 0 saturated heterocycles. The predicted molar refractivity (Wildman–Crippen MR) is 84.0 cm³/mol. The lowest BCUT2D eigenvalue weighted by Crippen LogP contribution is -2.13. The van der Waals surface area contributed by atoms with E-state index in [1.807, 2.05) is 25.1 Å². The van der Waals surface area contributed by atoms with E-state index in [1.165, 1.54) is 5.56 Å². The lowest BCUT2D eigenvalue weighted by Gasteiger charge is -2.08. The van der Waals surface area contributed by atoms with Crippen molar-refractivity contribution in [2.75, 3.05) is 11.1 Å². The Labute approximate surface area is 123 Å². The van der Waals surface area contributed by atoms with Crippen molar-refractivity contribution in [2.45, 2.75) is 19.8 Å². The number of anilines is 2. The topological polar surface area (TPSA) is 55.1 Å². The molecule has 0 unspecified atom stereocenters. The molecule has 0 aromatic heterocycles. The summed E-state index contributed by atoms with van der Waals surface area (Å²) in [5.74, 6) is -0.0551. The van der Waals surface area contributed by atoms with Crippen molar-refractivity contribution < 1.29 is 4.79 Å². The van der Waals surface area contributed by atoms with Gasteiger partial charge in [-0.2, -0.15) is 0 Å². The van der Waals surface area contributed by atoms with Gasteiger partial charge in [0.25, 0.3) is 0 Å². The average Bonchev–Trinajstić information content (AvgIpc) is 2.40. The van der Waals surface area contributed by atoms with Crippen LogP contribution in [0.15, 0.2) is 42.5 Å². The Morgan fingerprint density at radius 3 is 2.75 bits per heavy atom. The van der Waals surface area contributed by atoms with Crippen LogP contribution in [0.4, 0.5) is 11.4 Å². The second kappa shape index (κ2) is 6.44. The highest BCUT2D eigenvalue weighted by molar-refractivity contribution is 6.31. The van der Waals surface area contributed by atoms with Gasteiger partial charge in [-0.25, -0.2) is 0 Å². The zero-order chi connectivity index (χ0) is 14.5. The van der Waals surface area contributed by atoms with E-state index < -0.39 is 0 Å². The molecule has 1 amide bonds. The summed E-state index contributed by atoms with van der Waals surface area (Å²) in [7, 11) is 0. The van der Waals surface area contributed by atoms with E-state index in [4.69, 9.17) is 17.3 Å². The monoisotopic (exact) mass is 288 g/mol. The summed E-state index contributed by atoms with van der Waals surface area (Å²) in [5, 5.41) is 3.36. The number of nitrogen functional groups attached to an aromatic ring is 1. The van der Waals surface area contributed by atoms with Crippen LogP contribution in [0.5, 0.6) is 0 Å². The van der Waals surface area contributed by atoms with E-state index in [9.17, 15) is 4.79 Å². The minimum atomic E-state index is -0.0551. The first-order valence-corrected chi connectivity index (χ1v) is 6.83. The summed E-state index contributed by atoms with van der Waals surface area (Å²) in [5.41, 5.74) is 9.23. The van der Waals surface area contributed by atoms with E-state index in [1.54, 1.807) is 18.2 Å². The van der Waals surface area contributed by atoms with E-state index >= 15 is 0 Å². The van der Waals surface area contributed by atoms with Crippen molar-refractivity contribution in [3.8, 4) is 0 Å². The van der Waals surface area contributed by atoms with Gasteiger partial charge in [-0.15, -0.1) is 0 Å². The molecule has 0 saturated carbocycles. The number of hydrogen-bond donors (Lipinski definition) is 2. The molecule has 2 aromatic rings. The van der Waals surface area contributed by atoms with Crippen molar-refractivity contribution >= 4 is 28.9 Å². The van der Waals surface area contributed by atoms with Gasteiger partial charge in [0.2, 0.25) is 5.91 Å². The van der Waals surface area contributed by atoms with Crippen LogP contribution in [0.3, 0.4) is 0 Å². The number of carbonyl (C=O) groups excluding carboxylic acids is 1. The number of amides is 1. The number of carbonyl (C=O) groups is 1. The Hall–Kier alpha value is -2.00. The fraction of sp³-hybridized carbons (Fsp3) is 0.188. The number of hydrogen-bond acceptors (Lipinski definition) is 2. The van der Waals surface area contributed by atoms with Gasteiger partial charge in [0.05, 0.1) is 11.4 Å². The Morgan fingerprint density at radius 2 is 2.05 bits per heavy atom. The molecule has 0 bridgehead atoms. The average molecular weight is 289 g/mol. The van der Waals surface area contributed by atoms with E-state index in [-0.39, 0.29) is 5.91 Å². The number of benzene rings is 2. The summed E-state index contributed by atoms with van der Waals surface area (Å²) >= 11 is 5.82. The second-order valence-electron chi connectivity index (χ2n) is 4.77. The fourth-order valence-corrected chi connectivity index (χ4v) is 2.17. The molecule has 2 rings (SSSR count). The third-order valence-corrected chi connectivity index (χ3v) is 3.25. The van der Waals surface area contributed by atoms with Gasteiger partial charge >= 0.3 is 0 Å². The number of aryl methyl sites for hydroxylation is 2. The zero-order valence-corrected chi connectivity index (χ0v) is 12.1. The smallest absolute Gasteiger partial charge is 0.224 e. The van der Waals surface area contributed by atoms with Gasteiger partial charge < -0.3 is 11.1 Å². The standard InChI is InChI=1S/C16H17ClN2O/c1-11-3-2-4-12(9-11)5-8-16(20)19-15-7-6-13(17)10-14(15)18/h2-4,6-7,9-10H,5,8,18H2,1H3,(H,19,20). The van der Waals surface area contributed by atoms with Crippen molar-refractivity contribution in [1.29, 1.82) is 0 Å². The lowest BCUT2D eigenvalue weighted by molar-refractivity contribution is -0.116. The minimum absolute atomic E-state index is 0.0551. The van der Waals surface area contributed by atoms with Crippen LogP contribution in [-0.2, 0) is 11.2 Å². The molecule has 3 N–H and O–H groups in total. The maximum atomic E-state index is 11.9. The van der Waals surface area contributed by atoms with Crippen LogP contribution in [0.2, 0.25) is 5.02 Å². The summed E-state index contributed by atoms with van der Waals surface area (Å²) in [6.45, 7) is 2.04. The van der Waals surface area contributed by atoms with Crippen LogP contribution in [0, 0.1) is 6.92 Å². The Kier molecular flexibility index (Phi) is 4.64. The molecule has 4 heteroatoms. The molecule has 0 fully saturated rings. The third-order valence-electron chi connectivity index (χ3n) is 3.01. The highest BCUT2D eigenvalue weighted by Crippen LogP contribution is 2.22. The highest BCUT2D eigenvalue weighted by atomic mass is 35.5. The van der Waals surface area contributed by atoms with Gasteiger partial charge in [-0.1, -0.05) is 41.4 Å². The van der Waals surface area contributed by atoms with Crippen molar-refractivity contribution in [1.82, 2.24) is 0 Å². The van der Waals surface area contributed by atoms with Crippen molar-refractivity contribution in [3.63, 3.8) is 0 Å². The number of halogens is 1. The first-order valence-electron chi connectivity index (χ1n) is 6.45. The first-order chi connectivity index (χ1) is 9.54. The van der Waals surface area contributed by atoms with Gasteiger partial charge in [0, 0.05) is 11.4 Å². The van der Waals surface area contributed by atoms with Gasteiger partial charge in [0.15, 0.2) is 0 Å². The molecule has 0 heterocycles. The molecule has 0 aliphatic carbocycles. The van der Waals surface area contributed by atoms with Gasteiger partial charge in [-0.3, -0.25) is 4.79 Å². The molecule has 20 heavy (non-hydrogen) atoms. The van der Waals surface area contributed by atoms with Crippen LogP contribution in [0.25, 0.3) is 0 Å². The maximum Gasteiger partial charge on any atom is 0.224 e. The molecule has 0 atom stereocenters. The lowest BCUT2D eigenvalue weighted by atomic mass is 10.1. The predicted octanol–water partition coefficient (Wildman–Crippen LogP) is 3.80. The fourth-order valence-electron chi connectivity index (χ4n) is 1.99. The normalized spacial score (nSPS) is 10.3. The molecule has 0 aliphatic rings. The summed E-state index contributed by atoms with van der Waals surface area (Å²) in [6.07, 6.45) is 1.13. The van der Waals surface area contributed by atoms with Crippen LogP contribution >= 0.6 is 11.6 Å². The van der Waals surface area contributed by atoms with E-state index in [0.717, 1.165) is 5.56 Å². The molecule has 0 radical (unpaired) electrons. The summed E-state index contributed by atoms with van der Waals surface area (Å²) < 4.78 is 0. The SMILES string of the molecule is Cc1cccc(CCC(=O)Nc2ccc(Cl)cc2N)c1. The minimum Gasteiger partial charge on any atom is -0.397 e. The molecule has 104 valence electrons. The summed E-state index contributed by atoms with van der Waals surface area (Å²) in [4.78, 5) is 11.9. The molecule has 0 spiro atoms. The summed E-state index contributed by atoms with van der Waals surface area (Å²) in [6, 6.07) is 13.2. The molecule has 2 aromatic carbocycles. The quantitative estimate of drug-likeness (QED) is 0.841. The first kappa shape index (κ1) is 14.4. The molecular weight excluding hydrogens is 272 g/mol. The van der Waals surface area contributed by atoms with Crippen molar-refractivity contribution in [3.05, 3.63) is 58.6 Å². The van der Waals surface area contributed by atoms with Gasteiger partial charge in [-0.05, 0) is 37.1 Å².